The fourth-order valence-electron chi connectivity index (χ4n) is 1.98. The Morgan fingerprint density at radius 2 is 2.12 bits per heavy atom. The number of benzene rings is 1. The van der Waals surface area contributed by atoms with E-state index in [4.69, 9.17) is 5.26 Å². The Labute approximate surface area is 93.1 Å². The second-order valence-electron chi connectivity index (χ2n) is 3.75. The Bertz CT molecular complexity index is 436. The van der Waals surface area contributed by atoms with Gasteiger partial charge in [-0.15, -0.1) is 0 Å². The highest BCUT2D eigenvalue weighted by Gasteiger charge is 2.24. The third-order valence-corrected chi connectivity index (χ3v) is 2.79. The van der Waals surface area contributed by atoms with Crippen LogP contribution in [0.25, 0.3) is 0 Å². The molecule has 0 aliphatic carbocycles. The molecule has 16 heavy (non-hydrogen) atoms. The first-order valence-electron chi connectivity index (χ1n) is 5.13. The largest absolute Gasteiger partial charge is 0.356 e. The molecule has 1 atom stereocenters. The van der Waals surface area contributed by atoms with Gasteiger partial charge >= 0.3 is 0 Å². The Morgan fingerprint density at radius 3 is 2.69 bits per heavy atom. The molecule has 5 nitrogen and oxygen atoms in total. The summed E-state index contributed by atoms with van der Waals surface area (Å²) in [5.41, 5.74) is 0.964. The van der Waals surface area contributed by atoms with Crippen molar-refractivity contribution in [1.29, 1.82) is 5.26 Å². The molecule has 0 radical (unpaired) electrons. The standard InChI is InChI=1S/C11H11N3O2/c12-8-11-2-1-7-13(11)9-3-5-10(6-4-9)14(15)16/h3-6,11H,1-2,7H2. The van der Waals surface area contributed by atoms with Crippen LogP contribution < -0.4 is 4.90 Å². The van der Waals surface area contributed by atoms with Crippen LogP contribution in [-0.2, 0) is 0 Å². The Hall–Kier alpha value is -2.09. The van der Waals surface area contributed by atoms with Gasteiger partial charge in [0, 0.05) is 24.4 Å². The van der Waals surface area contributed by atoms with E-state index >= 15 is 0 Å². The summed E-state index contributed by atoms with van der Waals surface area (Å²) in [5.74, 6) is 0. The maximum absolute atomic E-state index is 10.5. The Balaban J connectivity index is 2.22. The number of nitro benzene ring substituents is 1. The van der Waals surface area contributed by atoms with Crippen molar-refractivity contribution in [3.63, 3.8) is 0 Å². The van der Waals surface area contributed by atoms with Gasteiger partial charge in [0.25, 0.3) is 5.69 Å². The summed E-state index contributed by atoms with van der Waals surface area (Å²) in [4.78, 5) is 12.1. The minimum absolute atomic E-state index is 0.0801. The van der Waals surface area contributed by atoms with Crippen molar-refractivity contribution < 1.29 is 4.92 Å². The molecule has 1 aromatic carbocycles. The third kappa shape index (κ3) is 1.82. The van der Waals surface area contributed by atoms with Gasteiger partial charge in [-0.25, -0.2) is 0 Å². The van der Waals surface area contributed by atoms with E-state index in [1.54, 1.807) is 12.1 Å². The molecule has 0 aromatic heterocycles. The second-order valence-corrected chi connectivity index (χ2v) is 3.75. The summed E-state index contributed by atoms with van der Waals surface area (Å²) >= 11 is 0. The molecule has 1 saturated heterocycles. The number of hydrogen-bond donors (Lipinski definition) is 0. The van der Waals surface area contributed by atoms with Crippen molar-refractivity contribution >= 4 is 11.4 Å². The molecule has 1 aromatic rings. The van der Waals surface area contributed by atoms with Crippen LogP contribution in [-0.4, -0.2) is 17.5 Å². The van der Waals surface area contributed by atoms with E-state index in [0.29, 0.717) is 0 Å². The van der Waals surface area contributed by atoms with Crippen LogP contribution in [0.1, 0.15) is 12.8 Å². The van der Waals surface area contributed by atoms with E-state index in [2.05, 4.69) is 6.07 Å². The first-order chi connectivity index (χ1) is 7.72. The number of anilines is 1. The normalized spacial score (nSPS) is 19.4. The van der Waals surface area contributed by atoms with Crippen LogP contribution in [0.2, 0.25) is 0 Å². The predicted molar refractivity (Wildman–Crippen MR) is 59.1 cm³/mol. The lowest BCUT2D eigenvalue weighted by Gasteiger charge is -2.21. The van der Waals surface area contributed by atoms with Crippen LogP contribution in [0.15, 0.2) is 24.3 Å². The minimum atomic E-state index is -0.421. The number of rotatable bonds is 2. The first kappa shape index (κ1) is 10.4. The summed E-state index contributed by atoms with van der Waals surface area (Å²) in [6.07, 6.45) is 1.86. The van der Waals surface area contributed by atoms with Gasteiger partial charge in [-0.05, 0) is 25.0 Å². The van der Waals surface area contributed by atoms with Crippen LogP contribution in [0.5, 0.6) is 0 Å². The topological polar surface area (TPSA) is 70.2 Å². The van der Waals surface area contributed by atoms with Crippen molar-refractivity contribution in [3.05, 3.63) is 34.4 Å². The maximum atomic E-state index is 10.5. The average Bonchev–Trinajstić information content (AvgIpc) is 2.77. The third-order valence-electron chi connectivity index (χ3n) is 2.79. The highest BCUT2D eigenvalue weighted by atomic mass is 16.6. The molecule has 2 rings (SSSR count). The molecular weight excluding hydrogens is 206 g/mol. The SMILES string of the molecule is N#CC1CCCN1c1ccc([N+](=O)[O-])cc1. The zero-order valence-electron chi connectivity index (χ0n) is 8.67. The molecule has 1 fully saturated rings. The highest BCUT2D eigenvalue weighted by Crippen LogP contribution is 2.26. The first-order valence-corrected chi connectivity index (χ1v) is 5.13. The van der Waals surface area contributed by atoms with E-state index in [0.717, 1.165) is 25.1 Å². The Kier molecular flexibility index (Phi) is 2.73. The molecule has 0 amide bonds. The van der Waals surface area contributed by atoms with E-state index < -0.39 is 4.92 Å². The van der Waals surface area contributed by atoms with Crippen LogP contribution >= 0.6 is 0 Å². The summed E-state index contributed by atoms with van der Waals surface area (Å²) in [7, 11) is 0. The lowest BCUT2D eigenvalue weighted by atomic mass is 10.2. The molecule has 0 N–H and O–H groups in total. The van der Waals surface area contributed by atoms with Gasteiger partial charge in [0.1, 0.15) is 6.04 Å². The number of nitriles is 1. The summed E-state index contributed by atoms with van der Waals surface area (Å²) in [5, 5.41) is 19.4. The van der Waals surface area contributed by atoms with Gasteiger partial charge in [0.15, 0.2) is 0 Å². The predicted octanol–water partition coefficient (Wildman–Crippen LogP) is 2.09. The molecule has 5 heteroatoms. The summed E-state index contributed by atoms with van der Waals surface area (Å²) in [6, 6.07) is 8.50. The smallest absolute Gasteiger partial charge is 0.269 e. The van der Waals surface area contributed by atoms with Crippen molar-refractivity contribution in [2.75, 3.05) is 11.4 Å². The summed E-state index contributed by atoms with van der Waals surface area (Å²) < 4.78 is 0. The van der Waals surface area contributed by atoms with Crippen LogP contribution in [0, 0.1) is 21.4 Å². The molecule has 1 aliphatic heterocycles. The molecule has 0 bridgehead atoms. The van der Waals surface area contributed by atoms with Crippen molar-refractivity contribution in [2.45, 2.75) is 18.9 Å². The van der Waals surface area contributed by atoms with Crippen molar-refractivity contribution in [3.8, 4) is 6.07 Å². The van der Waals surface area contributed by atoms with Gasteiger partial charge in [0.05, 0.1) is 11.0 Å². The summed E-state index contributed by atoms with van der Waals surface area (Å²) in [6.45, 7) is 0.843. The van der Waals surface area contributed by atoms with Crippen LogP contribution in [0.4, 0.5) is 11.4 Å². The quantitative estimate of drug-likeness (QED) is 0.561. The van der Waals surface area contributed by atoms with Gasteiger partial charge in [-0.1, -0.05) is 0 Å². The van der Waals surface area contributed by atoms with Gasteiger partial charge in [-0.2, -0.15) is 5.26 Å². The Morgan fingerprint density at radius 1 is 1.44 bits per heavy atom. The molecule has 1 heterocycles. The molecular formula is C11H11N3O2. The zero-order chi connectivity index (χ0) is 11.5. The van der Waals surface area contributed by atoms with Crippen molar-refractivity contribution in [2.24, 2.45) is 0 Å². The molecule has 0 spiro atoms. The molecule has 1 unspecified atom stereocenters. The van der Waals surface area contributed by atoms with Crippen LogP contribution in [0.3, 0.4) is 0 Å². The monoisotopic (exact) mass is 217 g/mol. The number of hydrogen-bond acceptors (Lipinski definition) is 4. The highest BCUT2D eigenvalue weighted by molar-refractivity contribution is 5.53. The lowest BCUT2D eigenvalue weighted by molar-refractivity contribution is -0.384. The van der Waals surface area contributed by atoms with Gasteiger partial charge in [0.2, 0.25) is 0 Å². The number of nitrogens with zero attached hydrogens (tertiary/aromatic N) is 3. The number of nitro groups is 1. The molecule has 0 saturated carbocycles. The van der Waals surface area contributed by atoms with E-state index in [9.17, 15) is 10.1 Å². The van der Waals surface area contributed by atoms with Gasteiger partial charge in [-0.3, -0.25) is 10.1 Å². The maximum Gasteiger partial charge on any atom is 0.269 e. The lowest BCUT2D eigenvalue weighted by Crippen LogP contribution is -2.27. The van der Waals surface area contributed by atoms with Gasteiger partial charge < -0.3 is 4.90 Å². The second kappa shape index (κ2) is 4.19. The molecule has 1 aliphatic rings. The fourth-order valence-corrected chi connectivity index (χ4v) is 1.98. The number of non-ortho nitro benzene ring substituents is 1. The zero-order valence-corrected chi connectivity index (χ0v) is 8.67. The fraction of sp³-hybridized carbons (Fsp3) is 0.364. The van der Waals surface area contributed by atoms with E-state index in [-0.39, 0.29) is 11.7 Å². The van der Waals surface area contributed by atoms with E-state index in [1.165, 1.54) is 12.1 Å². The molecule has 82 valence electrons. The van der Waals surface area contributed by atoms with E-state index in [1.807, 2.05) is 4.90 Å². The van der Waals surface area contributed by atoms with Crippen molar-refractivity contribution in [1.82, 2.24) is 0 Å². The minimum Gasteiger partial charge on any atom is -0.356 e. The average molecular weight is 217 g/mol.